The summed E-state index contributed by atoms with van der Waals surface area (Å²) in [4.78, 5) is 0. The Bertz CT molecular complexity index is 22.0. The van der Waals surface area contributed by atoms with E-state index < -0.39 is 0 Å². The average Bonchev–Trinajstić information content (AvgIpc) is 1.37. The summed E-state index contributed by atoms with van der Waals surface area (Å²) in [5, 5.41) is 2.72. The number of nitrogens with one attached hydrogen (secondary N) is 1. The van der Waals surface area contributed by atoms with Gasteiger partial charge >= 0.3 is 0 Å². The SMILES string of the molecule is CNP=S. The van der Waals surface area contributed by atoms with E-state index in [0.29, 0.717) is 0 Å². The van der Waals surface area contributed by atoms with Crippen molar-refractivity contribution in [3.8, 4) is 0 Å². The van der Waals surface area contributed by atoms with E-state index in [0.717, 1.165) is 7.51 Å². The molecular formula is CH4NPS. The van der Waals surface area contributed by atoms with E-state index in [9.17, 15) is 0 Å². The molecule has 0 aromatic carbocycles. The van der Waals surface area contributed by atoms with Gasteiger partial charge in [-0.1, -0.05) is 0 Å². The molecule has 0 atom stereocenters. The Morgan fingerprint density at radius 3 is 2.25 bits per heavy atom. The van der Waals surface area contributed by atoms with Crippen molar-refractivity contribution in [1.82, 2.24) is 5.09 Å². The predicted molar refractivity (Wildman–Crippen MR) is 23.3 cm³/mol. The Kier molecular flexibility index (Phi) is 3.90. The molecule has 0 aliphatic rings. The Hall–Kier alpha value is 0.480. The van der Waals surface area contributed by atoms with E-state index >= 15 is 0 Å². The fraction of sp³-hybridized carbons (Fsp3) is 1.00. The minimum absolute atomic E-state index is 0.832. The van der Waals surface area contributed by atoms with Crippen molar-refractivity contribution in [3.63, 3.8) is 0 Å². The van der Waals surface area contributed by atoms with Crippen molar-refractivity contribution >= 4 is 19.3 Å². The lowest BCUT2D eigenvalue weighted by molar-refractivity contribution is 1.30. The molecule has 0 fully saturated rings. The lowest BCUT2D eigenvalue weighted by Gasteiger charge is -1.62. The monoisotopic (exact) mass is 93.0 g/mol. The average molecular weight is 93.1 g/mol. The molecule has 24 valence electrons. The first-order valence-electron chi connectivity index (χ1n) is 0.906. The van der Waals surface area contributed by atoms with Crippen LogP contribution in [0.3, 0.4) is 0 Å². The van der Waals surface area contributed by atoms with Crippen LogP contribution in [0.4, 0.5) is 0 Å². The second-order valence-corrected chi connectivity index (χ2v) is 1.49. The van der Waals surface area contributed by atoms with Crippen LogP contribution < -0.4 is 5.09 Å². The van der Waals surface area contributed by atoms with Crippen LogP contribution in [0.25, 0.3) is 0 Å². The summed E-state index contributed by atoms with van der Waals surface area (Å²) in [6, 6.07) is 0. The molecule has 4 heavy (non-hydrogen) atoms. The molecule has 0 saturated carbocycles. The smallest absolute Gasteiger partial charge is 0.0582 e. The zero-order valence-electron chi connectivity index (χ0n) is 2.36. The molecule has 0 heterocycles. The fourth-order valence-corrected chi connectivity index (χ4v) is 0. The molecule has 0 aliphatic heterocycles. The minimum Gasteiger partial charge on any atom is -0.265 e. The van der Waals surface area contributed by atoms with Gasteiger partial charge in [0, 0.05) is 0 Å². The topological polar surface area (TPSA) is 12.0 Å². The molecule has 0 unspecified atom stereocenters. The van der Waals surface area contributed by atoms with Crippen LogP contribution in [-0.2, 0) is 11.8 Å². The van der Waals surface area contributed by atoms with Crippen molar-refractivity contribution in [2.75, 3.05) is 7.05 Å². The standard InChI is InChI=1S/CH4NPS/c1-2-3-4/h1H3,(H,2,4). The maximum Gasteiger partial charge on any atom is 0.0582 e. The molecule has 0 rings (SSSR count). The summed E-state index contributed by atoms with van der Waals surface area (Å²) in [7, 11) is 2.65. The summed E-state index contributed by atoms with van der Waals surface area (Å²) >= 11 is 4.41. The first kappa shape index (κ1) is 4.48. The van der Waals surface area contributed by atoms with E-state index in [1.54, 1.807) is 0 Å². The lowest BCUT2D eigenvalue weighted by atomic mass is 11.6. The van der Waals surface area contributed by atoms with Crippen LogP contribution in [0.2, 0.25) is 0 Å². The third-order valence-electron chi connectivity index (χ3n) is 0.0913. The van der Waals surface area contributed by atoms with Gasteiger partial charge in [0.05, 0.1) is 7.51 Å². The normalized spacial score (nSPS) is 8.25. The lowest BCUT2D eigenvalue weighted by Crippen LogP contribution is -1.77. The Morgan fingerprint density at radius 2 is 2.25 bits per heavy atom. The third-order valence-corrected chi connectivity index (χ3v) is 0.822. The molecule has 0 amide bonds. The molecule has 1 N–H and O–H groups in total. The molecule has 1 nitrogen and oxygen atoms in total. The Balaban J connectivity index is 2.30. The largest absolute Gasteiger partial charge is 0.265 e. The first-order valence-corrected chi connectivity index (χ1v) is 2.81. The van der Waals surface area contributed by atoms with E-state index in [1.165, 1.54) is 0 Å². The van der Waals surface area contributed by atoms with Gasteiger partial charge in [-0.2, -0.15) is 0 Å². The van der Waals surface area contributed by atoms with Crippen LogP contribution in [0.1, 0.15) is 0 Å². The minimum atomic E-state index is 0.832. The second kappa shape index (κ2) is 3.48. The van der Waals surface area contributed by atoms with Crippen LogP contribution >= 0.6 is 7.51 Å². The fourth-order valence-electron chi connectivity index (χ4n) is 0. The summed E-state index contributed by atoms with van der Waals surface area (Å²) in [6.45, 7) is 0. The van der Waals surface area contributed by atoms with Crippen molar-refractivity contribution in [2.45, 2.75) is 0 Å². The van der Waals surface area contributed by atoms with E-state index in [4.69, 9.17) is 0 Å². The maximum atomic E-state index is 4.41. The van der Waals surface area contributed by atoms with Crippen LogP contribution in [-0.4, -0.2) is 7.05 Å². The molecule has 0 saturated heterocycles. The number of rotatable bonds is 1. The summed E-state index contributed by atoms with van der Waals surface area (Å²) in [6.07, 6.45) is 0. The Labute approximate surface area is 32.3 Å². The highest BCUT2D eigenvalue weighted by molar-refractivity contribution is 7.95. The van der Waals surface area contributed by atoms with Gasteiger partial charge in [-0.3, -0.25) is 5.09 Å². The molecule has 0 aromatic rings. The summed E-state index contributed by atoms with van der Waals surface area (Å²) < 4.78 is 0. The molecule has 0 aromatic heterocycles. The zero-order valence-corrected chi connectivity index (χ0v) is 4.07. The zero-order chi connectivity index (χ0) is 3.41. The molecule has 0 bridgehead atoms. The van der Waals surface area contributed by atoms with Gasteiger partial charge < -0.3 is 0 Å². The molecule has 0 spiro atoms. The highest BCUT2D eigenvalue weighted by Gasteiger charge is 1.42. The predicted octanol–water partition coefficient (Wildman–Crippen LogP) is 0.529. The van der Waals surface area contributed by atoms with Crippen molar-refractivity contribution in [1.29, 1.82) is 0 Å². The van der Waals surface area contributed by atoms with Crippen LogP contribution in [0, 0.1) is 0 Å². The van der Waals surface area contributed by atoms with Crippen molar-refractivity contribution < 1.29 is 0 Å². The maximum absolute atomic E-state index is 4.41. The van der Waals surface area contributed by atoms with Crippen molar-refractivity contribution in [2.24, 2.45) is 0 Å². The summed E-state index contributed by atoms with van der Waals surface area (Å²) in [5.74, 6) is 0. The van der Waals surface area contributed by atoms with Gasteiger partial charge in [-0.15, -0.1) is 0 Å². The highest BCUT2D eigenvalue weighted by Crippen LogP contribution is 1.69. The second-order valence-electron chi connectivity index (χ2n) is 0.315. The molecule has 0 aliphatic carbocycles. The van der Waals surface area contributed by atoms with Gasteiger partial charge in [0.2, 0.25) is 0 Å². The summed E-state index contributed by atoms with van der Waals surface area (Å²) in [5.41, 5.74) is 0. The van der Waals surface area contributed by atoms with Gasteiger partial charge in [-0.25, -0.2) is 0 Å². The van der Waals surface area contributed by atoms with Crippen LogP contribution in [0.5, 0.6) is 0 Å². The van der Waals surface area contributed by atoms with E-state index in [-0.39, 0.29) is 0 Å². The van der Waals surface area contributed by atoms with E-state index in [1.807, 2.05) is 7.05 Å². The quantitative estimate of drug-likeness (QED) is 0.474. The molecular weight excluding hydrogens is 89.1 g/mol. The van der Waals surface area contributed by atoms with Crippen molar-refractivity contribution in [3.05, 3.63) is 0 Å². The van der Waals surface area contributed by atoms with Gasteiger partial charge in [-0.05, 0) is 18.9 Å². The van der Waals surface area contributed by atoms with Gasteiger partial charge in [0.15, 0.2) is 0 Å². The van der Waals surface area contributed by atoms with Gasteiger partial charge in [0.1, 0.15) is 0 Å². The van der Waals surface area contributed by atoms with Gasteiger partial charge in [0.25, 0.3) is 0 Å². The third kappa shape index (κ3) is 2.48. The molecule has 3 heteroatoms. The van der Waals surface area contributed by atoms with E-state index in [2.05, 4.69) is 16.9 Å². The number of hydrogen-bond acceptors (Lipinski definition) is 1. The highest BCUT2D eigenvalue weighted by atomic mass is 32.4. The Morgan fingerprint density at radius 1 is 2.00 bits per heavy atom. The van der Waals surface area contributed by atoms with Crippen LogP contribution in [0.15, 0.2) is 0 Å². The first-order chi connectivity index (χ1) is 1.91. The molecule has 0 radical (unpaired) electrons. The number of hydrogen-bond donors (Lipinski definition) is 1.